The number of rotatable bonds is 6. The normalized spacial score (nSPS) is 19.0. The van der Waals surface area contributed by atoms with Gasteiger partial charge >= 0.3 is 5.97 Å². The lowest BCUT2D eigenvalue weighted by Crippen LogP contribution is -2.46. The molecule has 5 heteroatoms. The highest BCUT2D eigenvalue weighted by Crippen LogP contribution is 2.20. The average Bonchev–Trinajstić information content (AvgIpc) is 2.52. The molecular formula is C16H23NO4. The van der Waals surface area contributed by atoms with Gasteiger partial charge in [-0.1, -0.05) is 30.3 Å². The number of nitrogens with one attached hydrogen (secondary N) is 1. The third kappa shape index (κ3) is 4.52. The Labute approximate surface area is 125 Å². The predicted molar refractivity (Wildman–Crippen MR) is 79.1 cm³/mol. The molecule has 0 radical (unpaired) electrons. The number of ether oxygens (including phenoxy) is 2. The lowest BCUT2D eigenvalue weighted by Gasteiger charge is -2.32. The number of carbonyl (C=O) groups is 1. The van der Waals surface area contributed by atoms with Crippen molar-refractivity contribution < 1.29 is 19.4 Å². The molecule has 1 atom stereocenters. The van der Waals surface area contributed by atoms with Gasteiger partial charge in [0.25, 0.3) is 0 Å². The molecule has 1 aliphatic heterocycles. The quantitative estimate of drug-likeness (QED) is 0.768. The van der Waals surface area contributed by atoms with Gasteiger partial charge in [0, 0.05) is 39.1 Å². The number of carbonyl (C=O) groups excluding carboxylic acids is 1. The number of benzene rings is 1. The van der Waals surface area contributed by atoms with Crippen LogP contribution in [0.1, 0.15) is 24.3 Å². The van der Waals surface area contributed by atoms with Gasteiger partial charge in [-0.2, -0.15) is 0 Å². The van der Waals surface area contributed by atoms with Gasteiger partial charge in [-0.15, -0.1) is 0 Å². The molecule has 0 spiro atoms. The van der Waals surface area contributed by atoms with E-state index in [1.807, 2.05) is 30.3 Å². The van der Waals surface area contributed by atoms with Crippen molar-refractivity contribution >= 4 is 5.97 Å². The summed E-state index contributed by atoms with van der Waals surface area (Å²) in [5.41, 5.74) is 0.172. The first-order valence-electron chi connectivity index (χ1n) is 7.28. The van der Waals surface area contributed by atoms with Crippen molar-refractivity contribution in [2.45, 2.75) is 24.4 Å². The first-order valence-corrected chi connectivity index (χ1v) is 7.28. The Bertz CT molecular complexity index is 443. The van der Waals surface area contributed by atoms with E-state index in [0.717, 1.165) is 5.56 Å². The van der Waals surface area contributed by atoms with Crippen LogP contribution in [0, 0.1) is 0 Å². The fourth-order valence-corrected chi connectivity index (χ4v) is 2.54. The molecule has 2 rings (SSSR count). The fraction of sp³-hybridized carbons (Fsp3) is 0.562. The molecule has 1 unspecified atom stereocenters. The molecular weight excluding hydrogens is 270 g/mol. The summed E-state index contributed by atoms with van der Waals surface area (Å²) in [6.45, 7) is 2.06. The van der Waals surface area contributed by atoms with Gasteiger partial charge in [0.2, 0.25) is 0 Å². The number of aliphatic hydroxyl groups is 1. The van der Waals surface area contributed by atoms with E-state index in [0.29, 0.717) is 39.1 Å². The second-order valence-corrected chi connectivity index (χ2v) is 5.45. The molecule has 1 fully saturated rings. The largest absolute Gasteiger partial charge is 0.469 e. The smallest absolute Gasteiger partial charge is 0.314 e. The van der Waals surface area contributed by atoms with Crippen LogP contribution in [0.25, 0.3) is 0 Å². The molecule has 116 valence electrons. The molecule has 21 heavy (non-hydrogen) atoms. The van der Waals surface area contributed by atoms with Crippen LogP contribution >= 0.6 is 0 Å². The minimum atomic E-state index is -0.740. The van der Waals surface area contributed by atoms with E-state index >= 15 is 0 Å². The zero-order chi connectivity index (χ0) is 15.1. The lowest BCUT2D eigenvalue weighted by molar-refractivity contribution is -0.142. The van der Waals surface area contributed by atoms with Crippen molar-refractivity contribution in [3.8, 4) is 0 Å². The standard InChI is InChI=1S/C16H23NO4/c1-20-15(18)14(13-5-3-2-4-6-13)11-17-12-16(19)7-9-21-10-8-16/h2-6,14,17,19H,7-12H2,1H3. The zero-order valence-electron chi connectivity index (χ0n) is 12.4. The Morgan fingerprint density at radius 1 is 1.38 bits per heavy atom. The van der Waals surface area contributed by atoms with Crippen LogP contribution in [-0.2, 0) is 14.3 Å². The molecule has 0 aliphatic carbocycles. The second kappa shape index (κ2) is 7.54. The third-order valence-corrected chi connectivity index (χ3v) is 3.91. The molecule has 0 bridgehead atoms. The number of hydrogen-bond acceptors (Lipinski definition) is 5. The summed E-state index contributed by atoms with van der Waals surface area (Å²) in [6.07, 6.45) is 1.24. The van der Waals surface area contributed by atoms with Gasteiger partial charge in [0.15, 0.2) is 0 Å². The summed E-state index contributed by atoms with van der Waals surface area (Å²) in [6, 6.07) is 9.53. The highest BCUT2D eigenvalue weighted by Gasteiger charge is 2.30. The van der Waals surface area contributed by atoms with Crippen LogP contribution in [0.15, 0.2) is 30.3 Å². The molecule has 0 saturated carbocycles. The van der Waals surface area contributed by atoms with Crippen molar-refractivity contribution in [2.75, 3.05) is 33.4 Å². The van der Waals surface area contributed by atoms with Crippen molar-refractivity contribution in [3.63, 3.8) is 0 Å². The maximum atomic E-state index is 11.9. The Kier molecular flexibility index (Phi) is 5.73. The molecule has 1 saturated heterocycles. The summed E-state index contributed by atoms with van der Waals surface area (Å²) in [4.78, 5) is 11.9. The van der Waals surface area contributed by atoms with Crippen molar-refractivity contribution in [1.29, 1.82) is 0 Å². The average molecular weight is 293 g/mol. The van der Waals surface area contributed by atoms with Gasteiger partial charge < -0.3 is 19.9 Å². The van der Waals surface area contributed by atoms with Gasteiger partial charge in [-0.25, -0.2) is 0 Å². The SMILES string of the molecule is COC(=O)C(CNCC1(O)CCOCC1)c1ccccc1. The Morgan fingerprint density at radius 2 is 2.05 bits per heavy atom. The lowest BCUT2D eigenvalue weighted by atomic mass is 9.93. The topological polar surface area (TPSA) is 67.8 Å². The number of esters is 1. The predicted octanol–water partition coefficient (Wildman–Crippen LogP) is 1.07. The Morgan fingerprint density at radius 3 is 2.67 bits per heavy atom. The maximum absolute atomic E-state index is 11.9. The Hall–Kier alpha value is -1.43. The summed E-state index contributed by atoms with van der Waals surface area (Å²) >= 11 is 0. The van der Waals surface area contributed by atoms with E-state index in [9.17, 15) is 9.90 Å². The van der Waals surface area contributed by atoms with Gasteiger partial charge in [0.1, 0.15) is 0 Å². The van der Waals surface area contributed by atoms with E-state index in [1.165, 1.54) is 7.11 Å². The summed E-state index contributed by atoms with van der Waals surface area (Å²) in [5.74, 6) is -0.632. The van der Waals surface area contributed by atoms with Crippen molar-refractivity contribution in [1.82, 2.24) is 5.32 Å². The number of hydrogen-bond donors (Lipinski definition) is 2. The molecule has 5 nitrogen and oxygen atoms in total. The summed E-state index contributed by atoms with van der Waals surface area (Å²) in [7, 11) is 1.39. The van der Waals surface area contributed by atoms with E-state index in [2.05, 4.69) is 5.32 Å². The molecule has 1 aromatic rings. The van der Waals surface area contributed by atoms with Gasteiger partial charge in [-0.05, 0) is 5.56 Å². The molecule has 0 amide bonds. The molecule has 1 aliphatic rings. The third-order valence-electron chi connectivity index (χ3n) is 3.91. The minimum Gasteiger partial charge on any atom is -0.469 e. The highest BCUT2D eigenvalue weighted by molar-refractivity contribution is 5.78. The van der Waals surface area contributed by atoms with Crippen LogP contribution in [-0.4, -0.2) is 50.1 Å². The van der Waals surface area contributed by atoms with Gasteiger partial charge in [0.05, 0.1) is 18.6 Å². The van der Waals surface area contributed by atoms with E-state index in [1.54, 1.807) is 0 Å². The summed E-state index contributed by atoms with van der Waals surface area (Å²) < 4.78 is 10.1. The molecule has 1 heterocycles. The first kappa shape index (κ1) is 15.9. The fourth-order valence-electron chi connectivity index (χ4n) is 2.54. The highest BCUT2D eigenvalue weighted by atomic mass is 16.5. The van der Waals surface area contributed by atoms with Crippen LogP contribution in [0.4, 0.5) is 0 Å². The minimum absolute atomic E-state index is 0.271. The van der Waals surface area contributed by atoms with Crippen LogP contribution < -0.4 is 5.32 Å². The molecule has 2 N–H and O–H groups in total. The monoisotopic (exact) mass is 293 g/mol. The van der Waals surface area contributed by atoms with E-state index in [4.69, 9.17) is 9.47 Å². The van der Waals surface area contributed by atoms with Crippen LogP contribution in [0.5, 0.6) is 0 Å². The summed E-state index contributed by atoms with van der Waals surface area (Å²) in [5, 5.41) is 13.6. The second-order valence-electron chi connectivity index (χ2n) is 5.45. The van der Waals surface area contributed by atoms with Crippen LogP contribution in [0.3, 0.4) is 0 Å². The zero-order valence-corrected chi connectivity index (χ0v) is 12.4. The van der Waals surface area contributed by atoms with Gasteiger partial charge in [-0.3, -0.25) is 4.79 Å². The first-order chi connectivity index (χ1) is 10.1. The van der Waals surface area contributed by atoms with E-state index in [-0.39, 0.29) is 11.9 Å². The van der Waals surface area contributed by atoms with Crippen molar-refractivity contribution in [3.05, 3.63) is 35.9 Å². The van der Waals surface area contributed by atoms with E-state index < -0.39 is 5.60 Å². The van der Waals surface area contributed by atoms with Crippen molar-refractivity contribution in [2.24, 2.45) is 0 Å². The van der Waals surface area contributed by atoms with Crippen LogP contribution in [0.2, 0.25) is 0 Å². The molecule has 1 aromatic carbocycles. The maximum Gasteiger partial charge on any atom is 0.314 e. The number of methoxy groups -OCH3 is 1. The molecule has 0 aromatic heterocycles. The Balaban J connectivity index is 1.92.